The highest BCUT2D eigenvalue weighted by molar-refractivity contribution is 6.01. The van der Waals surface area contributed by atoms with Gasteiger partial charge in [0.05, 0.1) is 4.92 Å². The number of amides is 1. The van der Waals surface area contributed by atoms with Gasteiger partial charge < -0.3 is 10.6 Å². The third kappa shape index (κ3) is 2.56. The predicted molar refractivity (Wildman–Crippen MR) is 71.8 cm³/mol. The molecule has 0 atom stereocenters. The molecule has 7 heteroatoms. The second-order valence-electron chi connectivity index (χ2n) is 4.84. The zero-order valence-corrected chi connectivity index (χ0v) is 11.1. The maximum Gasteiger partial charge on any atom is 0.293 e. The number of hydrogen-bond acceptors (Lipinski definition) is 4. The van der Waals surface area contributed by atoms with Crippen LogP contribution in [0.1, 0.15) is 36.5 Å². The van der Waals surface area contributed by atoms with Crippen LogP contribution in [0.25, 0.3) is 0 Å². The zero-order chi connectivity index (χ0) is 14.9. The van der Waals surface area contributed by atoms with Gasteiger partial charge in [0.1, 0.15) is 17.1 Å². The molecule has 0 aromatic heterocycles. The lowest BCUT2D eigenvalue weighted by molar-refractivity contribution is -0.384. The number of nitrogen functional groups attached to an aromatic ring is 1. The molecule has 1 saturated carbocycles. The third-order valence-electron chi connectivity index (χ3n) is 3.30. The molecule has 0 saturated heterocycles. The molecule has 2 rings (SSSR count). The van der Waals surface area contributed by atoms with Crippen LogP contribution >= 0.6 is 0 Å². The quantitative estimate of drug-likeness (QED) is 0.509. The smallest absolute Gasteiger partial charge is 0.293 e. The summed E-state index contributed by atoms with van der Waals surface area (Å²) < 4.78 is 13.9. The molecule has 1 aliphatic carbocycles. The third-order valence-corrected chi connectivity index (χ3v) is 3.30. The van der Waals surface area contributed by atoms with E-state index >= 15 is 0 Å². The lowest BCUT2D eigenvalue weighted by Crippen LogP contribution is -2.35. The van der Waals surface area contributed by atoms with Crippen molar-refractivity contribution in [3.63, 3.8) is 0 Å². The van der Waals surface area contributed by atoms with Crippen LogP contribution in [0.4, 0.5) is 15.8 Å². The lowest BCUT2D eigenvalue weighted by Gasteiger charge is -2.22. The van der Waals surface area contributed by atoms with Crippen molar-refractivity contribution in [1.29, 1.82) is 0 Å². The van der Waals surface area contributed by atoms with Crippen LogP contribution in [0.15, 0.2) is 12.1 Å². The highest BCUT2D eigenvalue weighted by Gasteiger charge is 2.35. The molecule has 6 nitrogen and oxygen atoms in total. The van der Waals surface area contributed by atoms with Gasteiger partial charge in [0, 0.05) is 18.7 Å². The molecule has 0 radical (unpaired) electrons. The van der Waals surface area contributed by atoms with Gasteiger partial charge in [-0.1, -0.05) is 6.92 Å². The van der Waals surface area contributed by atoms with E-state index in [-0.39, 0.29) is 11.6 Å². The number of carbonyl (C=O) groups excluding carboxylic acids is 1. The minimum atomic E-state index is -0.820. The summed E-state index contributed by atoms with van der Waals surface area (Å²) in [6.45, 7) is 2.40. The number of nitrogens with two attached hydrogens (primary N) is 1. The predicted octanol–water partition coefficient (Wildman–Crippen LogP) is 2.33. The monoisotopic (exact) mass is 281 g/mol. The van der Waals surface area contributed by atoms with E-state index in [0.717, 1.165) is 31.4 Å². The van der Waals surface area contributed by atoms with E-state index in [1.807, 2.05) is 6.92 Å². The molecule has 20 heavy (non-hydrogen) atoms. The van der Waals surface area contributed by atoms with E-state index in [9.17, 15) is 19.3 Å². The van der Waals surface area contributed by atoms with E-state index < -0.39 is 28.0 Å². The summed E-state index contributed by atoms with van der Waals surface area (Å²) in [5.41, 5.74) is 4.38. The Morgan fingerprint density at radius 1 is 1.55 bits per heavy atom. The summed E-state index contributed by atoms with van der Waals surface area (Å²) in [5.74, 6) is -1.38. The Bertz CT molecular complexity index is 558. The molecule has 0 unspecified atom stereocenters. The molecule has 108 valence electrons. The van der Waals surface area contributed by atoms with E-state index in [2.05, 4.69) is 0 Å². The van der Waals surface area contributed by atoms with Crippen LogP contribution in [-0.4, -0.2) is 28.3 Å². The first kappa shape index (κ1) is 14.2. The van der Waals surface area contributed by atoms with Gasteiger partial charge in [-0.05, 0) is 25.3 Å². The van der Waals surface area contributed by atoms with Crippen molar-refractivity contribution in [1.82, 2.24) is 4.90 Å². The SMILES string of the molecule is CCCN(C(=O)c1c(F)ccc([N+](=O)[O-])c1N)C1CC1. The van der Waals surface area contributed by atoms with Gasteiger partial charge in [0.15, 0.2) is 0 Å². The normalized spacial score (nSPS) is 14.1. The Labute approximate surface area is 115 Å². The van der Waals surface area contributed by atoms with Gasteiger partial charge in [-0.15, -0.1) is 0 Å². The van der Waals surface area contributed by atoms with E-state index in [1.165, 1.54) is 0 Å². The Kier molecular flexibility index (Phi) is 3.87. The first-order valence-electron chi connectivity index (χ1n) is 6.50. The summed E-state index contributed by atoms with van der Waals surface area (Å²) in [7, 11) is 0. The number of nitro benzene ring substituents is 1. The fourth-order valence-electron chi connectivity index (χ4n) is 2.18. The Morgan fingerprint density at radius 2 is 2.20 bits per heavy atom. The molecule has 1 fully saturated rings. The van der Waals surface area contributed by atoms with E-state index in [4.69, 9.17) is 5.73 Å². The molecule has 0 aliphatic heterocycles. The van der Waals surface area contributed by atoms with Crippen molar-refractivity contribution in [2.45, 2.75) is 32.2 Å². The molecule has 0 bridgehead atoms. The maximum absolute atomic E-state index is 13.9. The van der Waals surface area contributed by atoms with Crippen LogP contribution in [0, 0.1) is 15.9 Å². The molecule has 0 heterocycles. The van der Waals surface area contributed by atoms with Gasteiger partial charge in [-0.25, -0.2) is 4.39 Å². The zero-order valence-electron chi connectivity index (χ0n) is 11.1. The van der Waals surface area contributed by atoms with Crippen LogP contribution in [-0.2, 0) is 0 Å². The number of nitro groups is 1. The fraction of sp³-hybridized carbons (Fsp3) is 0.462. The number of rotatable bonds is 5. The minimum absolute atomic E-state index is 0.0977. The van der Waals surface area contributed by atoms with Gasteiger partial charge >= 0.3 is 0 Å². The Balaban J connectivity index is 2.42. The highest BCUT2D eigenvalue weighted by Crippen LogP contribution is 2.33. The summed E-state index contributed by atoms with van der Waals surface area (Å²) in [6, 6.07) is 1.99. The van der Waals surface area contributed by atoms with Gasteiger partial charge in [-0.2, -0.15) is 0 Å². The lowest BCUT2D eigenvalue weighted by atomic mass is 10.1. The van der Waals surface area contributed by atoms with Crippen molar-refractivity contribution in [3.8, 4) is 0 Å². The summed E-state index contributed by atoms with van der Waals surface area (Å²) >= 11 is 0. The number of benzene rings is 1. The Hall–Kier alpha value is -2.18. The number of anilines is 1. The standard InChI is InChI=1S/C13H16FN3O3/c1-2-7-16(8-3-4-8)13(18)11-9(14)5-6-10(12(11)15)17(19)20/h5-6,8H,2-4,7,15H2,1H3. The van der Waals surface area contributed by atoms with Crippen molar-refractivity contribution in [3.05, 3.63) is 33.6 Å². The summed E-state index contributed by atoms with van der Waals surface area (Å²) in [4.78, 5) is 24.1. The average molecular weight is 281 g/mol. The molecule has 0 spiro atoms. The minimum Gasteiger partial charge on any atom is -0.392 e. The number of nitrogens with zero attached hydrogens (tertiary/aromatic N) is 2. The maximum atomic E-state index is 13.9. The second-order valence-corrected chi connectivity index (χ2v) is 4.84. The van der Waals surface area contributed by atoms with Crippen LogP contribution in [0.5, 0.6) is 0 Å². The Morgan fingerprint density at radius 3 is 2.70 bits per heavy atom. The molecular formula is C13H16FN3O3. The van der Waals surface area contributed by atoms with Crippen molar-refractivity contribution in [2.75, 3.05) is 12.3 Å². The van der Waals surface area contributed by atoms with Crippen molar-refractivity contribution in [2.24, 2.45) is 0 Å². The van der Waals surface area contributed by atoms with E-state index in [0.29, 0.717) is 6.54 Å². The molecular weight excluding hydrogens is 265 g/mol. The molecule has 1 aromatic rings. The second kappa shape index (κ2) is 5.44. The van der Waals surface area contributed by atoms with Gasteiger partial charge in [0.25, 0.3) is 11.6 Å². The average Bonchev–Trinajstić information content (AvgIpc) is 3.19. The number of carbonyl (C=O) groups is 1. The fourth-order valence-corrected chi connectivity index (χ4v) is 2.18. The summed E-state index contributed by atoms with van der Waals surface area (Å²) in [5, 5.41) is 10.8. The topological polar surface area (TPSA) is 89.5 Å². The van der Waals surface area contributed by atoms with Crippen LogP contribution < -0.4 is 5.73 Å². The van der Waals surface area contributed by atoms with Gasteiger partial charge in [-0.3, -0.25) is 14.9 Å². The molecule has 1 amide bonds. The van der Waals surface area contributed by atoms with Crippen LogP contribution in [0.3, 0.4) is 0 Å². The van der Waals surface area contributed by atoms with Gasteiger partial charge in [0.2, 0.25) is 0 Å². The first-order chi connectivity index (χ1) is 9.47. The molecule has 2 N–H and O–H groups in total. The highest BCUT2D eigenvalue weighted by atomic mass is 19.1. The van der Waals surface area contributed by atoms with Crippen molar-refractivity contribution >= 4 is 17.3 Å². The van der Waals surface area contributed by atoms with Crippen molar-refractivity contribution < 1.29 is 14.1 Å². The molecule has 1 aromatic carbocycles. The van der Waals surface area contributed by atoms with E-state index in [1.54, 1.807) is 4.90 Å². The first-order valence-corrected chi connectivity index (χ1v) is 6.50. The number of halogens is 1. The van der Waals surface area contributed by atoms with Crippen LogP contribution in [0.2, 0.25) is 0 Å². The summed E-state index contributed by atoms with van der Waals surface area (Å²) in [6.07, 6.45) is 2.49. The number of hydrogen-bond donors (Lipinski definition) is 1. The largest absolute Gasteiger partial charge is 0.392 e. The molecule has 1 aliphatic rings.